The van der Waals surface area contributed by atoms with Crippen LogP contribution in [0.2, 0.25) is 0 Å². The van der Waals surface area contributed by atoms with Gasteiger partial charge in [-0.1, -0.05) is 40.2 Å². The van der Waals surface area contributed by atoms with Crippen molar-refractivity contribution in [3.05, 3.63) is 58.4 Å². The Balaban J connectivity index is 1.95. The zero-order valence-corrected chi connectivity index (χ0v) is 13.2. The molecule has 0 saturated carbocycles. The van der Waals surface area contributed by atoms with Crippen molar-refractivity contribution in [3.63, 3.8) is 0 Å². The SMILES string of the molecule is COc1cccc(-c2nc(-c3ccc(Br)cc3)cs2)c1. The number of benzene rings is 2. The number of thiazole rings is 1. The minimum absolute atomic E-state index is 0.850. The highest BCUT2D eigenvalue weighted by molar-refractivity contribution is 9.10. The van der Waals surface area contributed by atoms with E-state index >= 15 is 0 Å². The van der Waals surface area contributed by atoms with Gasteiger partial charge in [0.1, 0.15) is 10.8 Å². The van der Waals surface area contributed by atoms with Crippen LogP contribution in [0.3, 0.4) is 0 Å². The van der Waals surface area contributed by atoms with E-state index in [-0.39, 0.29) is 0 Å². The Labute approximate surface area is 130 Å². The summed E-state index contributed by atoms with van der Waals surface area (Å²) in [5, 5.41) is 3.08. The molecule has 1 heterocycles. The van der Waals surface area contributed by atoms with Gasteiger partial charge in [0.25, 0.3) is 0 Å². The first-order valence-corrected chi connectivity index (χ1v) is 7.79. The van der Waals surface area contributed by atoms with Crippen LogP contribution in [0, 0.1) is 0 Å². The summed E-state index contributed by atoms with van der Waals surface area (Å²) in [5.74, 6) is 0.850. The Morgan fingerprint density at radius 2 is 1.85 bits per heavy atom. The van der Waals surface area contributed by atoms with Crippen molar-refractivity contribution in [3.8, 4) is 27.6 Å². The molecule has 2 aromatic carbocycles. The Kier molecular flexibility index (Phi) is 3.85. The molecule has 0 aliphatic carbocycles. The highest BCUT2D eigenvalue weighted by Gasteiger charge is 2.07. The zero-order chi connectivity index (χ0) is 13.9. The second-order valence-electron chi connectivity index (χ2n) is 4.28. The Morgan fingerprint density at radius 1 is 1.05 bits per heavy atom. The van der Waals surface area contributed by atoms with Crippen LogP contribution in [0.15, 0.2) is 58.4 Å². The van der Waals surface area contributed by atoms with Crippen LogP contribution in [0.1, 0.15) is 0 Å². The molecule has 0 aliphatic heterocycles. The molecule has 0 saturated heterocycles. The second-order valence-corrected chi connectivity index (χ2v) is 6.05. The van der Waals surface area contributed by atoms with Crippen LogP contribution in [0.4, 0.5) is 0 Å². The van der Waals surface area contributed by atoms with Gasteiger partial charge >= 0.3 is 0 Å². The first-order valence-electron chi connectivity index (χ1n) is 6.12. The van der Waals surface area contributed by atoms with Gasteiger partial charge in [-0.3, -0.25) is 0 Å². The van der Waals surface area contributed by atoms with E-state index in [0.717, 1.165) is 32.1 Å². The molecule has 20 heavy (non-hydrogen) atoms. The lowest BCUT2D eigenvalue weighted by Crippen LogP contribution is -1.83. The molecular weight excluding hydrogens is 334 g/mol. The van der Waals surface area contributed by atoms with Crippen molar-refractivity contribution in [1.82, 2.24) is 4.98 Å². The fraction of sp³-hybridized carbons (Fsp3) is 0.0625. The van der Waals surface area contributed by atoms with Gasteiger partial charge in [-0.2, -0.15) is 0 Å². The third kappa shape index (κ3) is 2.76. The molecule has 0 bridgehead atoms. The molecule has 0 spiro atoms. The number of halogens is 1. The molecule has 0 aliphatic rings. The summed E-state index contributed by atoms with van der Waals surface area (Å²) in [6, 6.07) is 16.2. The van der Waals surface area contributed by atoms with Gasteiger partial charge < -0.3 is 4.74 Å². The average Bonchev–Trinajstić information content (AvgIpc) is 2.98. The number of nitrogens with zero attached hydrogens (tertiary/aromatic N) is 1. The van der Waals surface area contributed by atoms with Crippen molar-refractivity contribution < 1.29 is 4.74 Å². The summed E-state index contributed by atoms with van der Waals surface area (Å²) in [5.41, 5.74) is 3.21. The molecule has 100 valence electrons. The maximum absolute atomic E-state index is 5.25. The number of ether oxygens (including phenoxy) is 1. The van der Waals surface area contributed by atoms with E-state index in [9.17, 15) is 0 Å². The second kappa shape index (κ2) is 5.77. The van der Waals surface area contributed by atoms with E-state index in [0.29, 0.717) is 0 Å². The number of methoxy groups -OCH3 is 1. The van der Waals surface area contributed by atoms with Crippen LogP contribution in [0.25, 0.3) is 21.8 Å². The lowest BCUT2D eigenvalue weighted by atomic mass is 10.2. The molecule has 0 N–H and O–H groups in total. The highest BCUT2D eigenvalue weighted by Crippen LogP contribution is 2.31. The molecular formula is C16H12BrNOS. The largest absolute Gasteiger partial charge is 0.497 e. The monoisotopic (exact) mass is 345 g/mol. The van der Waals surface area contributed by atoms with Crippen molar-refractivity contribution in [1.29, 1.82) is 0 Å². The molecule has 3 aromatic rings. The molecule has 0 radical (unpaired) electrons. The smallest absolute Gasteiger partial charge is 0.124 e. The van der Waals surface area contributed by atoms with Gasteiger partial charge in [0, 0.05) is 21.0 Å². The third-order valence-corrected chi connectivity index (χ3v) is 4.38. The average molecular weight is 346 g/mol. The van der Waals surface area contributed by atoms with Gasteiger partial charge in [0.05, 0.1) is 12.8 Å². The van der Waals surface area contributed by atoms with E-state index in [2.05, 4.69) is 33.4 Å². The molecule has 3 rings (SSSR count). The lowest BCUT2D eigenvalue weighted by molar-refractivity contribution is 0.415. The molecule has 0 amide bonds. The molecule has 2 nitrogen and oxygen atoms in total. The quantitative estimate of drug-likeness (QED) is 0.646. The first-order chi connectivity index (χ1) is 9.76. The van der Waals surface area contributed by atoms with Crippen LogP contribution < -0.4 is 4.74 Å². The summed E-state index contributed by atoms with van der Waals surface area (Å²) in [6.45, 7) is 0. The standard InChI is InChI=1S/C16H12BrNOS/c1-19-14-4-2-3-12(9-14)16-18-15(10-20-16)11-5-7-13(17)8-6-11/h2-10H,1H3. The minimum atomic E-state index is 0.850. The number of hydrogen-bond donors (Lipinski definition) is 0. The molecule has 1 aromatic heterocycles. The summed E-state index contributed by atoms with van der Waals surface area (Å²) in [6.07, 6.45) is 0. The van der Waals surface area contributed by atoms with Crippen LogP contribution >= 0.6 is 27.3 Å². The Hall–Kier alpha value is -1.65. The maximum atomic E-state index is 5.25. The number of rotatable bonds is 3. The van der Waals surface area contributed by atoms with Crippen LogP contribution in [0.5, 0.6) is 5.75 Å². The van der Waals surface area contributed by atoms with Crippen LogP contribution in [-0.4, -0.2) is 12.1 Å². The fourth-order valence-corrected chi connectivity index (χ4v) is 3.01. The molecule has 4 heteroatoms. The van der Waals surface area contributed by atoms with Gasteiger partial charge in [-0.25, -0.2) is 4.98 Å². The summed E-state index contributed by atoms with van der Waals surface area (Å²) < 4.78 is 6.33. The highest BCUT2D eigenvalue weighted by atomic mass is 79.9. The Bertz CT molecular complexity index is 721. The van der Waals surface area contributed by atoms with E-state index in [1.54, 1.807) is 18.4 Å². The molecule has 0 unspecified atom stereocenters. The lowest BCUT2D eigenvalue weighted by Gasteiger charge is -2.01. The molecule has 0 fully saturated rings. The van der Waals surface area contributed by atoms with E-state index in [1.165, 1.54) is 0 Å². The Morgan fingerprint density at radius 3 is 2.60 bits per heavy atom. The fourth-order valence-electron chi connectivity index (χ4n) is 1.92. The van der Waals surface area contributed by atoms with E-state index in [1.807, 2.05) is 36.4 Å². The van der Waals surface area contributed by atoms with E-state index < -0.39 is 0 Å². The van der Waals surface area contributed by atoms with Gasteiger partial charge in [-0.05, 0) is 24.3 Å². The molecule has 0 atom stereocenters. The van der Waals surface area contributed by atoms with Gasteiger partial charge in [0.2, 0.25) is 0 Å². The maximum Gasteiger partial charge on any atom is 0.124 e. The van der Waals surface area contributed by atoms with E-state index in [4.69, 9.17) is 9.72 Å². The number of aromatic nitrogens is 1. The predicted octanol–water partition coefficient (Wildman–Crippen LogP) is 5.25. The van der Waals surface area contributed by atoms with Crippen molar-refractivity contribution in [2.75, 3.05) is 7.11 Å². The van der Waals surface area contributed by atoms with Crippen molar-refractivity contribution in [2.24, 2.45) is 0 Å². The van der Waals surface area contributed by atoms with Gasteiger partial charge in [-0.15, -0.1) is 11.3 Å². The first kappa shape index (κ1) is 13.3. The third-order valence-electron chi connectivity index (χ3n) is 2.96. The summed E-state index contributed by atoms with van der Waals surface area (Å²) in [7, 11) is 1.67. The minimum Gasteiger partial charge on any atom is -0.497 e. The number of hydrogen-bond acceptors (Lipinski definition) is 3. The van der Waals surface area contributed by atoms with Crippen molar-refractivity contribution in [2.45, 2.75) is 0 Å². The normalized spacial score (nSPS) is 10.5. The van der Waals surface area contributed by atoms with Gasteiger partial charge in [0.15, 0.2) is 0 Å². The summed E-state index contributed by atoms with van der Waals surface area (Å²) >= 11 is 5.09. The van der Waals surface area contributed by atoms with Crippen molar-refractivity contribution >= 4 is 27.3 Å². The summed E-state index contributed by atoms with van der Waals surface area (Å²) in [4.78, 5) is 4.70. The van der Waals surface area contributed by atoms with Crippen LogP contribution in [-0.2, 0) is 0 Å². The zero-order valence-electron chi connectivity index (χ0n) is 10.8. The predicted molar refractivity (Wildman–Crippen MR) is 87.2 cm³/mol. The topological polar surface area (TPSA) is 22.1 Å².